The number of nitrogens with zero attached hydrogens (tertiary/aromatic N) is 3. The van der Waals surface area contributed by atoms with E-state index in [1.165, 1.54) is 0 Å². The van der Waals surface area contributed by atoms with Gasteiger partial charge in [0.1, 0.15) is 11.3 Å². The highest BCUT2D eigenvalue weighted by Gasteiger charge is 2.16. The summed E-state index contributed by atoms with van der Waals surface area (Å²) >= 11 is 0. The molecular weight excluding hydrogens is 218 g/mol. The minimum absolute atomic E-state index is 0.227. The van der Waals surface area contributed by atoms with Crippen LogP contribution in [-0.4, -0.2) is 25.8 Å². The van der Waals surface area contributed by atoms with E-state index in [9.17, 15) is 4.79 Å². The van der Waals surface area contributed by atoms with Crippen molar-refractivity contribution in [3.8, 4) is 11.3 Å². The first kappa shape index (κ1) is 11.3. The normalized spacial score (nSPS) is 10.4. The molecule has 2 rings (SSSR count). The number of aromatic carboxylic acids is 1. The van der Waals surface area contributed by atoms with Crippen molar-refractivity contribution in [2.45, 2.75) is 19.9 Å². The van der Waals surface area contributed by atoms with Crippen LogP contribution >= 0.6 is 0 Å². The fraction of sp³-hybridized carbons (Fsp3) is 0.250. The maximum absolute atomic E-state index is 11.1. The number of carboxylic acid groups (broad SMARTS) is 1. The van der Waals surface area contributed by atoms with Crippen LogP contribution in [0.4, 0.5) is 0 Å². The topological polar surface area (TPSA) is 68.0 Å². The van der Waals surface area contributed by atoms with Crippen LogP contribution in [0.15, 0.2) is 30.7 Å². The first-order valence-electron chi connectivity index (χ1n) is 5.43. The van der Waals surface area contributed by atoms with Crippen LogP contribution in [0.5, 0.6) is 0 Å². The van der Waals surface area contributed by atoms with Gasteiger partial charge in [0.25, 0.3) is 0 Å². The molecule has 2 aromatic rings. The molecule has 0 spiro atoms. The summed E-state index contributed by atoms with van der Waals surface area (Å²) in [7, 11) is 0. The summed E-state index contributed by atoms with van der Waals surface area (Å²) in [5, 5.41) is 13.4. The van der Waals surface area contributed by atoms with Gasteiger partial charge in [-0.1, -0.05) is 6.92 Å². The van der Waals surface area contributed by atoms with Gasteiger partial charge < -0.3 is 5.11 Å². The lowest BCUT2D eigenvalue weighted by molar-refractivity contribution is 0.0697. The first-order valence-corrected chi connectivity index (χ1v) is 5.43. The van der Waals surface area contributed by atoms with Crippen LogP contribution in [0, 0.1) is 0 Å². The smallest absolute Gasteiger partial charge is 0.339 e. The lowest BCUT2D eigenvalue weighted by Gasteiger charge is -1.97. The average Bonchev–Trinajstić information content (AvgIpc) is 2.75. The molecule has 0 fully saturated rings. The van der Waals surface area contributed by atoms with Gasteiger partial charge in [0.05, 0.1) is 0 Å². The zero-order valence-electron chi connectivity index (χ0n) is 9.50. The van der Waals surface area contributed by atoms with Crippen molar-refractivity contribution in [2.75, 3.05) is 0 Å². The summed E-state index contributed by atoms with van der Waals surface area (Å²) in [5.74, 6) is -0.959. The van der Waals surface area contributed by atoms with Crippen molar-refractivity contribution in [3.05, 3.63) is 36.3 Å². The molecule has 2 aromatic heterocycles. The van der Waals surface area contributed by atoms with Gasteiger partial charge in [0.2, 0.25) is 0 Å². The molecule has 0 aromatic carbocycles. The van der Waals surface area contributed by atoms with Gasteiger partial charge in [-0.05, 0) is 18.6 Å². The van der Waals surface area contributed by atoms with Crippen LogP contribution in [0.2, 0.25) is 0 Å². The van der Waals surface area contributed by atoms with Gasteiger partial charge in [-0.25, -0.2) is 4.79 Å². The Bertz CT molecular complexity index is 520. The number of aryl methyl sites for hydroxylation is 1. The van der Waals surface area contributed by atoms with E-state index in [1.54, 1.807) is 35.4 Å². The fourth-order valence-electron chi connectivity index (χ4n) is 1.64. The van der Waals surface area contributed by atoms with Gasteiger partial charge in [-0.2, -0.15) is 5.10 Å². The Morgan fingerprint density at radius 2 is 2.12 bits per heavy atom. The number of hydrogen-bond donors (Lipinski definition) is 1. The third kappa shape index (κ3) is 2.33. The largest absolute Gasteiger partial charge is 0.478 e. The third-order valence-electron chi connectivity index (χ3n) is 2.40. The van der Waals surface area contributed by atoms with Crippen LogP contribution in [0.25, 0.3) is 11.3 Å². The van der Waals surface area contributed by atoms with E-state index >= 15 is 0 Å². The molecule has 0 bridgehead atoms. The van der Waals surface area contributed by atoms with Gasteiger partial charge in [0.15, 0.2) is 0 Å². The van der Waals surface area contributed by atoms with E-state index in [0.29, 0.717) is 12.2 Å². The van der Waals surface area contributed by atoms with Crippen molar-refractivity contribution >= 4 is 5.97 Å². The minimum atomic E-state index is -0.959. The third-order valence-corrected chi connectivity index (χ3v) is 2.40. The number of carboxylic acids is 1. The molecule has 17 heavy (non-hydrogen) atoms. The SMILES string of the molecule is CCCn1cc(C(=O)O)c(-c2ccncc2)n1. The van der Waals surface area contributed by atoms with Gasteiger partial charge in [0, 0.05) is 30.7 Å². The Hall–Kier alpha value is -2.17. The molecule has 1 N–H and O–H groups in total. The highest BCUT2D eigenvalue weighted by molar-refractivity contribution is 5.94. The summed E-state index contributed by atoms with van der Waals surface area (Å²) in [6.07, 6.45) is 5.73. The number of pyridine rings is 1. The highest BCUT2D eigenvalue weighted by Crippen LogP contribution is 2.21. The molecule has 88 valence electrons. The molecule has 0 aliphatic heterocycles. The maximum Gasteiger partial charge on any atom is 0.339 e. The lowest BCUT2D eigenvalue weighted by Crippen LogP contribution is -1.97. The molecule has 2 heterocycles. The Morgan fingerprint density at radius 3 is 2.71 bits per heavy atom. The van der Waals surface area contributed by atoms with E-state index in [2.05, 4.69) is 10.1 Å². The van der Waals surface area contributed by atoms with Crippen molar-refractivity contribution < 1.29 is 9.90 Å². The molecule has 0 aliphatic carbocycles. The van der Waals surface area contributed by atoms with Crippen molar-refractivity contribution in [1.82, 2.24) is 14.8 Å². The second-order valence-electron chi connectivity index (χ2n) is 3.70. The summed E-state index contributed by atoms with van der Waals surface area (Å²) in [6.45, 7) is 2.74. The first-order chi connectivity index (χ1) is 8.22. The predicted octanol–water partition coefficient (Wildman–Crippen LogP) is 2.05. The molecule has 0 saturated heterocycles. The van der Waals surface area contributed by atoms with Crippen molar-refractivity contribution in [2.24, 2.45) is 0 Å². The summed E-state index contributed by atoms with van der Waals surface area (Å²) in [5.41, 5.74) is 1.49. The van der Waals surface area contributed by atoms with Crippen LogP contribution in [0.3, 0.4) is 0 Å². The highest BCUT2D eigenvalue weighted by atomic mass is 16.4. The molecule has 5 nitrogen and oxygen atoms in total. The van der Waals surface area contributed by atoms with Crippen LogP contribution in [0.1, 0.15) is 23.7 Å². The van der Waals surface area contributed by atoms with E-state index in [4.69, 9.17) is 5.11 Å². The fourth-order valence-corrected chi connectivity index (χ4v) is 1.64. The Balaban J connectivity index is 2.48. The predicted molar refractivity (Wildman–Crippen MR) is 62.7 cm³/mol. The number of carbonyl (C=O) groups is 1. The molecule has 0 radical (unpaired) electrons. The van der Waals surface area contributed by atoms with Crippen LogP contribution in [-0.2, 0) is 6.54 Å². The van der Waals surface area contributed by atoms with Crippen molar-refractivity contribution in [1.29, 1.82) is 0 Å². The van der Waals surface area contributed by atoms with E-state index in [1.807, 2.05) is 6.92 Å². The summed E-state index contributed by atoms with van der Waals surface area (Å²) < 4.78 is 1.67. The molecular formula is C12H13N3O2. The summed E-state index contributed by atoms with van der Waals surface area (Å²) in [6, 6.07) is 3.51. The molecule has 5 heteroatoms. The Kier molecular flexibility index (Phi) is 3.18. The van der Waals surface area contributed by atoms with E-state index in [-0.39, 0.29) is 5.56 Å². The van der Waals surface area contributed by atoms with Gasteiger partial charge >= 0.3 is 5.97 Å². The quantitative estimate of drug-likeness (QED) is 0.874. The number of hydrogen-bond acceptors (Lipinski definition) is 3. The molecule has 0 aliphatic rings. The van der Waals surface area contributed by atoms with Crippen LogP contribution < -0.4 is 0 Å². The zero-order chi connectivity index (χ0) is 12.3. The standard InChI is InChI=1S/C12H13N3O2/c1-2-7-15-8-10(12(16)17)11(14-15)9-3-5-13-6-4-9/h3-6,8H,2,7H2,1H3,(H,16,17). The van der Waals surface area contributed by atoms with Gasteiger partial charge in [-0.15, -0.1) is 0 Å². The molecule has 0 amide bonds. The van der Waals surface area contributed by atoms with E-state index in [0.717, 1.165) is 12.0 Å². The van der Waals surface area contributed by atoms with Crippen molar-refractivity contribution in [3.63, 3.8) is 0 Å². The minimum Gasteiger partial charge on any atom is -0.478 e. The molecule has 0 unspecified atom stereocenters. The monoisotopic (exact) mass is 231 g/mol. The summed E-state index contributed by atoms with van der Waals surface area (Å²) in [4.78, 5) is 15.1. The average molecular weight is 231 g/mol. The number of rotatable bonds is 4. The second kappa shape index (κ2) is 4.78. The lowest BCUT2D eigenvalue weighted by atomic mass is 10.1. The zero-order valence-corrected chi connectivity index (χ0v) is 9.50. The molecule has 0 atom stereocenters. The Morgan fingerprint density at radius 1 is 1.41 bits per heavy atom. The molecule has 0 saturated carbocycles. The van der Waals surface area contributed by atoms with Gasteiger partial charge in [-0.3, -0.25) is 9.67 Å². The Labute approximate surface area is 98.7 Å². The maximum atomic E-state index is 11.1. The second-order valence-corrected chi connectivity index (χ2v) is 3.70. The van der Waals surface area contributed by atoms with E-state index < -0.39 is 5.97 Å². The number of aromatic nitrogens is 3.